The van der Waals surface area contributed by atoms with Crippen LogP contribution < -0.4 is 20.3 Å². The van der Waals surface area contributed by atoms with E-state index in [0.717, 1.165) is 79.9 Å². The molecule has 6 rings (SSSR count). The van der Waals surface area contributed by atoms with E-state index in [1.807, 2.05) is 23.7 Å². The summed E-state index contributed by atoms with van der Waals surface area (Å²) in [6.07, 6.45) is 4.53. The van der Waals surface area contributed by atoms with Gasteiger partial charge >= 0.3 is 0 Å². The Bertz CT molecular complexity index is 1450. The second-order valence-corrected chi connectivity index (χ2v) is 10.7. The summed E-state index contributed by atoms with van der Waals surface area (Å²) in [5, 5.41) is 7.72. The molecule has 0 atom stereocenters. The van der Waals surface area contributed by atoms with Crippen molar-refractivity contribution in [2.75, 3.05) is 29.9 Å². The summed E-state index contributed by atoms with van der Waals surface area (Å²) in [5.74, 6) is 0.859. The maximum absolute atomic E-state index is 13.5. The van der Waals surface area contributed by atoms with Crippen molar-refractivity contribution in [3.63, 3.8) is 0 Å². The van der Waals surface area contributed by atoms with Gasteiger partial charge in [0, 0.05) is 31.0 Å². The Morgan fingerprint density at radius 1 is 1.05 bits per heavy atom. The number of hydrogen-bond acceptors (Lipinski definition) is 4. The fourth-order valence-corrected chi connectivity index (χ4v) is 5.87. The van der Waals surface area contributed by atoms with Gasteiger partial charge in [0.05, 0.1) is 11.4 Å². The molecule has 1 aromatic heterocycles. The Morgan fingerprint density at radius 2 is 1.87 bits per heavy atom. The molecule has 2 N–H and O–H groups in total. The van der Waals surface area contributed by atoms with E-state index in [4.69, 9.17) is 4.74 Å². The van der Waals surface area contributed by atoms with Gasteiger partial charge in [-0.15, -0.1) is 0 Å². The van der Waals surface area contributed by atoms with Crippen molar-refractivity contribution in [2.45, 2.75) is 45.3 Å². The highest BCUT2D eigenvalue weighted by molar-refractivity contribution is 6.08. The van der Waals surface area contributed by atoms with Crippen LogP contribution in [0.2, 0.25) is 0 Å². The van der Waals surface area contributed by atoms with Gasteiger partial charge in [-0.25, -0.2) is 0 Å². The molecular weight excluding hydrogens is 472 g/mol. The van der Waals surface area contributed by atoms with Crippen molar-refractivity contribution in [1.29, 1.82) is 0 Å². The topological polar surface area (TPSA) is 58.5 Å². The van der Waals surface area contributed by atoms with E-state index in [1.165, 1.54) is 16.7 Å². The van der Waals surface area contributed by atoms with Crippen LogP contribution >= 0.6 is 0 Å². The molecule has 3 aromatic carbocycles. The average Bonchev–Trinajstić information content (AvgIpc) is 3.26. The highest BCUT2D eigenvalue weighted by Gasteiger charge is 2.23. The van der Waals surface area contributed by atoms with Crippen LogP contribution in [-0.4, -0.2) is 36.2 Å². The van der Waals surface area contributed by atoms with Crippen LogP contribution in [0.5, 0.6) is 5.75 Å². The van der Waals surface area contributed by atoms with Gasteiger partial charge in [0.1, 0.15) is 17.5 Å². The molecular formula is C32H36N4O2. The number of carbonyl (C=O) groups excluding carboxylic acids is 1. The Kier molecular flexibility index (Phi) is 6.81. The first kappa shape index (κ1) is 24.6. The smallest absolute Gasteiger partial charge is 0.272 e. The molecule has 3 heterocycles. The fraction of sp³-hybridized carbons (Fsp3) is 0.344. The molecule has 6 nitrogen and oxygen atoms in total. The van der Waals surface area contributed by atoms with E-state index in [1.54, 1.807) is 0 Å². The summed E-state index contributed by atoms with van der Waals surface area (Å²) in [4.78, 5) is 15.9. The Hall–Kier alpha value is -3.77. The molecule has 0 saturated carbocycles. The van der Waals surface area contributed by atoms with E-state index >= 15 is 0 Å². The fourth-order valence-electron chi connectivity index (χ4n) is 5.87. The van der Waals surface area contributed by atoms with Crippen molar-refractivity contribution < 1.29 is 9.53 Å². The second kappa shape index (κ2) is 10.5. The van der Waals surface area contributed by atoms with Crippen LogP contribution in [0.1, 0.15) is 46.4 Å². The molecule has 0 bridgehead atoms. The molecule has 1 amide bonds. The number of piperidine rings is 1. The quantitative estimate of drug-likeness (QED) is 0.344. The molecule has 2 aliphatic rings. The first-order chi connectivity index (χ1) is 18.5. The zero-order valence-electron chi connectivity index (χ0n) is 22.3. The van der Waals surface area contributed by atoms with Crippen LogP contribution in [0.4, 0.5) is 11.4 Å². The SMILES string of the molecule is Cc1ccc2c(c1)cc(C(=O)Nc1cccc3c1N(Cc1ccc(OC4CCNCC4)cc1)CCC3)n2C. The highest BCUT2D eigenvalue weighted by atomic mass is 16.5. The van der Waals surface area contributed by atoms with Gasteiger partial charge in [-0.1, -0.05) is 35.9 Å². The van der Waals surface area contributed by atoms with Crippen LogP contribution in [0.25, 0.3) is 10.9 Å². The van der Waals surface area contributed by atoms with Gasteiger partial charge in [-0.05, 0) is 93.2 Å². The minimum absolute atomic E-state index is 0.0836. The number of amides is 1. The lowest BCUT2D eigenvalue weighted by atomic mass is 9.99. The number of para-hydroxylation sites is 1. The van der Waals surface area contributed by atoms with E-state index in [9.17, 15) is 4.79 Å². The van der Waals surface area contributed by atoms with Gasteiger partial charge in [-0.2, -0.15) is 0 Å². The maximum atomic E-state index is 13.5. The molecule has 1 fully saturated rings. The number of nitrogens with one attached hydrogen (secondary N) is 2. The normalized spacial score (nSPS) is 15.9. The molecule has 0 radical (unpaired) electrons. The number of fused-ring (bicyclic) bond motifs is 2. The van der Waals surface area contributed by atoms with Crippen molar-refractivity contribution >= 4 is 28.2 Å². The summed E-state index contributed by atoms with van der Waals surface area (Å²) in [6, 6.07) is 23.1. The number of aromatic nitrogens is 1. The number of hydrogen-bond donors (Lipinski definition) is 2. The zero-order chi connectivity index (χ0) is 26.1. The summed E-state index contributed by atoms with van der Waals surface area (Å²) in [5.41, 5.74) is 7.44. The number of carbonyl (C=O) groups is 1. The van der Waals surface area contributed by atoms with Gasteiger partial charge < -0.3 is 24.8 Å². The molecule has 4 aromatic rings. The van der Waals surface area contributed by atoms with Crippen LogP contribution in [-0.2, 0) is 20.0 Å². The Morgan fingerprint density at radius 3 is 2.68 bits per heavy atom. The van der Waals surface area contributed by atoms with Crippen molar-refractivity contribution in [3.05, 3.63) is 89.1 Å². The minimum atomic E-state index is -0.0836. The number of aryl methyl sites for hydroxylation is 3. The highest BCUT2D eigenvalue weighted by Crippen LogP contribution is 2.36. The van der Waals surface area contributed by atoms with Gasteiger partial charge in [0.25, 0.3) is 5.91 Å². The number of benzene rings is 3. The third kappa shape index (κ3) is 5.01. The summed E-state index contributed by atoms with van der Waals surface area (Å²) >= 11 is 0. The van der Waals surface area contributed by atoms with E-state index in [-0.39, 0.29) is 5.91 Å². The van der Waals surface area contributed by atoms with Gasteiger partial charge in [0.15, 0.2) is 0 Å². The molecule has 0 aliphatic carbocycles. The van der Waals surface area contributed by atoms with E-state index in [0.29, 0.717) is 11.8 Å². The van der Waals surface area contributed by atoms with Gasteiger partial charge in [0.2, 0.25) is 0 Å². The van der Waals surface area contributed by atoms with E-state index in [2.05, 4.69) is 77.1 Å². The number of anilines is 2. The lowest BCUT2D eigenvalue weighted by Gasteiger charge is -2.33. The summed E-state index contributed by atoms with van der Waals surface area (Å²) in [7, 11) is 1.96. The average molecular weight is 509 g/mol. The van der Waals surface area contributed by atoms with E-state index < -0.39 is 0 Å². The lowest BCUT2D eigenvalue weighted by molar-refractivity contribution is 0.101. The first-order valence-electron chi connectivity index (χ1n) is 13.8. The first-order valence-corrected chi connectivity index (χ1v) is 13.8. The molecule has 1 saturated heterocycles. The molecule has 2 aliphatic heterocycles. The van der Waals surface area contributed by atoms with Gasteiger partial charge in [-0.3, -0.25) is 4.79 Å². The zero-order valence-corrected chi connectivity index (χ0v) is 22.3. The molecule has 6 heteroatoms. The molecule has 0 unspecified atom stereocenters. The molecule has 196 valence electrons. The summed E-state index contributed by atoms with van der Waals surface area (Å²) in [6.45, 7) is 5.87. The van der Waals surface area contributed by atoms with Crippen LogP contribution in [0, 0.1) is 6.92 Å². The van der Waals surface area contributed by atoms with Crippen molar-refractivity contribution in [3.8, 4) is 5.75 Å². The third-order valence-electron chi connectivity index (χ3n) is 7.87. The monoisotopic (exact) mass is 508 g/mol. The third-order valence-corrected chi connectivity index (χ3v) is 7.87. The predicted molar refractivity (Wildman–Crippen MR) is 154 cm³/mol. The Labute approximate surface area is 224 Å². The van der Waals surface area contributed by atoms with Crippen LogP contribution in [0.3, 0.4) is 0 Å². The van der Waals surface area contributed by atoms with Crippen LogP contribution in [0.15, 0.2) is 66.7 Å². The Balaban J connectivity index is 1.21. The number of rotatable bonds is 6. The second-order valence-electron chi connectivity index (χ2n) is 10.7. The maximum Gasteiger partial charge on any atom is 0.272 e. The predicted octanol–water partition coefficient (Wildman–Crippen LogP) is 5.82. The standard InChI is InChI=1S/C32H36N4O2/c1-22-8-13-29-25(19-22)20-30(35(29)2)32(37)34-28-7-3-5-24-6-4-18-36(31(24)28)21-23-9-11-26(12-10-23)38-27-14-16-33-17-15-27/h3,5,7-13,19-20,27,33H,4,6,14-18,21H2,1-2H3,(H,34,37). The number of nitrogens with zero attached hydrogens (tertiary/aromatic N) is 2. The van der Waals surface area contributed by atoms with Crippen molar-refractivity contribution in [1.82, 2.24) is 9.88 Å². The molecule has 38 heavy (non-hydrogen) atoms. The minimum Gasteiger partial charge on any atom is -0.490 e. The molecule has 0 spiro atoms. The van der Waals surface area contributed by atoms with Crippen molar-refractivity contribution in [2.24, 2.45) is 7.05 Å². The lowest BCUT2D eigenvalue weighted by Crippen LogP contribution is -2.34. The summed E-state index contributed by atoms with van der Waals surface area (Å²) < 4.78 is 8.17. The number of ether oxygens (including phenoxy) is 1. The largest absolute Gasteiger partial charge is 0.490 e.